The number of halogens is 3. The predicted molar refractivity (Wildman–Crippen MR) is 130 cm³/mol. The Hall–Kier alpha value is -4.41. The number of fused-ring (bicyclic) bond motifs is 4. The van der Waals surface area contributed by atoms with Crippen molar-refractivity contribution in [3.8, 4) is 16.9 Å². The molecule has 1 aliphatic heterocycles. The van der Waals surface area contributed by atoms with E-state index in [1.54, 1.807) is 18.2 Å². The monoisotopic (exact) mass is 506 g/mol. The van der Waals surface area contributed by atoms with Gasteiger partial charge in [-0.1, -0.05) is 30.3 Å². The van der Waals surface area contributed by atoms with E-state index >= 15 is 0 Å². The predicted octanol–water partition coefficient (Wildman–Crippen LogP) is 5.54. The highest BCUT2D eigenvalue weighted by Gasteiger charge is 2.32. The molecule has 0 aliphatic carbocycles. The van der Waals surface area contributed by atoms with E-state index < -0.39 is 18.4 Å². The number of amides is 1. The molecule has 1 atom stereocenters. The standard InChI is InChI=1S/C26H21F3N6O2/c1-13-5-4-6-19-23(13)31-14(2)22-15(3)33-35(24(19)22)25(36)32-20-12-37-21-9-16(7-8-18(20)21)17-10-30-34(11-17)26(27,28)29/h4-11,20H,12H2,1-3H3,(H,32,36)/t20-/m1/s1. The van der Waals surface area contributed by atoms with E-state index in [0.717, 1.165) is 45.5 Å². The molecule has 6 rings (SSSR count). The van der Waals surface area contributed by atoms with E-state index in [1.165, 1.54) is 4.68 Å². The number of pyridine rings is 1. The van der Waals surface area contributed by atoms with Gasteiger partial charge < -0.3 is 10.1 Å². The van der Waals surface area contributed by atoms with E-state index in [1.807, 2.05) is 39.0 Å². The number of benzene rings is 2. The zero-order chi connectivity index (χ0) is 26.1. The van der Waals surface area contributed by atoms with Crippen LogP contribution in [0.2, 0.25) is 0 Å². The number of ether oxygens (including phenoxy) is 1. The summed E-state index contributed by atoms with van der Waals surface area (Å²) >= 11 is 0. The molecule has 0 saturated carbocycles. The summed E-state index contributed by atoms with van der Waals surface area (Å²) in [5.74, 6) is 0.491. The molecule has 0 bridgehead atoms. The third-order valence-electron chi connectivity index (χ3n) is 6.65. The second kappa shape index (κ2) is 8.05. The summed E-state index contributed by atoms with van der Waals surface area (Å²) < 4.78 is 45.8. The van der Waals surface area contributed by atoms with E-state index in [0.29, 0.717) is 28.1 Å². The quantitative estimate of drug-likeness (QED) is 0.340. The summed E-state index contributed by atoms with van der Waals surface area (Å²) in [4.78, 5) is 18.2. The number of alkyl halides is 3. The number of aryl methyl sites for hydroxylation is 3. The van der Waals surface area contributed by atoms with Gasteiger partial charge >= 0.3 is 12.3 Å². The molecular formula is C26H21F3N6O2. The zero-order valence-electron chi connectivity index (χ0n) is 20.1. The van der Waals surface area contributed by atoms with Crippen LogP contribution < -0.4 is 10.1 Å². The summed E-state index contributed by atoms with van der Waals surface area (Å²) in [6.45, 7) is 5.91. The van der Waals surface area contributed by atoms with Crippen LogP contribution in [0.5, 0.6) is 5.75 Å². The van der Waals surface area contributed by atoms with Crippen molar-refractivity contribution in [1.29, 1.82) is 0 Å². The fourth-order valence-corrected chi connectivity index (χ4v) is 4.91. The number of nitrogens with zero attached hydrogens (tertiary/aromatic N) is 5. The Kier molecular flexibility index (Phi) is 5.01. The number of carbonyl (C=O) groups excluding carboxylic acids is 1. The van der Waals surface area contributed by atoms with Crippen LogP contribution >= 0.6 is 0 Å². The Morgan fingerprint density at radius 2 is 1.92 bits per heavy atom. The van der Waals surface area contributed by atoms with Crippen molar-refractivity contribution in [1.82, 2.24) is 29.9 Å². The lowest BCUT2D eigenvalue weighted by Gasteiger charge is -2.13. The SMILES string of the molecule is Cc1cccc2c1nc(C)c1c(C)nn(C(=O)N[C@@H]3COc4cc(-c5cnn(C(F)(F)F)c5)ccc43)c12. The first-order valence-corrected chi connectivity index (χ1v) is 11.6. The fourth-order valence-electron chi connectivity index (χ4n) is 4.91. The number of nitrogens with one attached hydrogen (secondary N) is 1. The third-order valence-corrected chi connectivity index (χ3v) is 6.65. The smallest absolute Gasteiger partial charge is 0.491 e. The summed E-state index contributed by atoms with van der Waals surface area (Å²) in [5.41, 5.74) is 5.57. The van der Waals surface area contributed by atoms with Crippen LogP contribution in [0.1, 0.15) is 28.6 Å². The van der Waals surface area contributed by atoms with E-state index in [9.17, 15) is 18.0 Å². The lowest BCUT2D eigenvalue weighted by atomic mass is 10.0. The molecule has 5 aromatic rings. The Balaban J connectivity index is 1.32. The molecule has 0 unspecified atom stereocenters. The number of hydrogen-bond donors (Lipinski definition) is 1. The van der Waals surface area contributed by atoms with Crippen LogP contribution in [0.15, 0.2) is 48.8 Å². The molecule has 11 heteroatoms. The van der Waals surface area contributed by atoms with Crippen LogP contribution in [-0.4, -0.2) is 37.2 Å². The zero-order valence-corrected chi connectivity index (χ0v) is 20.1. The van der Waals surface area contributed by atoms with Crippen molar-refractivity contribution in [2.75, 3.05) is 6.61 Å². The van der Waals surface area contributed by atoms with Crippen molar-refractivity contribution >= 4 is 27.8 Å². The average molecular weight is 506 g/mol. The molecule has 1 aliphatic rings. The van der Waals surface area contributed by atoms with Gasteiger partial charge in [0.1, 0.15) is 12.4 Å². The fraction of sp³-hybridized carbons (Fsp3) is 0.231. The topological polar surface area (TPSA) is 86.9 Å². The van der Waals surface area contributed by atoms with Crippen LogP contribution in [0.3, 0.4) is 0 Å². The normalized spacial score (nSPS) is 15.2. The maximum Gasteiger partial charge on any atom is 0.504 e. The maximum atomic E-state index is 13.5. The highest BCUT2D eigenvalue weighted by Crippen LogP contribution is 2.37. The van der Waals surface area contributed by atoms with Gasteiger partial charge in [-0.15, -0.1) is 13.2 Å². The second-order valence-corrected chi connectivity index (χ2v) is 9.10. The Bertz CT molecular complexity index is 1720. The van der Waals surface area contributed by atoms with Gasteiger partial charge in [-0.05, 0) is 38.0 Å². The second-order valence-electron chi connectivity index (χ2n) is 9.10. The van der Waals surface area contributed by atoms with Gasteiger partial charge in [0.25, 0.3) is 0 Å². The highest BCUT2D eigenvalue weighted by molar-refractivity contribution is 6.09. The molecule has 3 aromatic heterocycles. The van der Waals surface area contributed by atoms with Gasteiger partial charge in [0.05, 0.1) is 29.0 Å². The first-order chi connectivity index (χ1) is 17.6. The number of hydrogen-bond acceptors (Lipinski definition) is 5. The number of carbonyl (C=O) groups is 1. The van der Waals surface area contributed by atoms with E-state index in [-0.39, 0.29) is 11.3 Å². The number of rotatable bonds is 2. The third kappa shape index (κ3) is 3.69. The number of para-hydroxylation sites is 1. The molecule has 37 heavy (non-hydrogen) atoms. The summed E-state index contributed by atoms with van der Waals surface area (Å²) in [6.07, 6.45) is -2.52. The average Bonchev–Trinajstić information content (AvgIpc) is 3.57. The van der Waals surface area contributed by atoms with Gasteiger partial charge in [-0.2, -0.15) is 19.6 Å². The Labute approximate surface area is 208 Å². The molecule has 1 amide bonds. The first-order valence-electron chi connectivity index (χ1n) is 11.6. The van der Waals surface area contributed by atoms with Crippen LogP contribution in [0.4, 0.5) is 18.0 Å². The van der Waals surface area contributed by atoms with Crippen molar-refractivity contribution < 1.29 is 22.7 Å². The van der Waals surface area contributed by atoms with E-state index in [4.69, 9.17) is 9.72 Å². The van der Waals surface area contributed by atoms with Crippen molar-refractivity contribution in [3.05, 3.63) is 71.3 Å². The summed E-state index contributed by atoms with van der Waals surface area (Å²) in [6, 6.07) is 10.0. The molecule has 0 spiro atoms. The minimum atomic E-state index is -4.59. The van der Waals surface area contributed by atoms with Crippen LogP contribution in [-0.2, 0) is 6.30 Å². The minimum Gasteiger partial charge on any atom is -0.491 e. The lowest BCUT2D eigenvalue weighted by molar-refractivity contribution is -0.212. The van der Waals surface area contributed by atoms with Gasteiger partial charge in [0.15, 0.2) is 0 Å². The van der Waals surface area contributed by atoms with Crippen LogP contribution in [0, 0.1) is 20.8 Å². The molecular weight excluding hydrogens is 485 g/mol. The Morgan fingerprint density at radius 1 is 1.11 bits per heavy atom. The van der Waals surface area contributed by atoms with Crippen molar-refractivity contribution in [2.45, 2.75) is 33.1 Å². The first kappa shape index (κ1) is 23.0. The highest BCUT2D eigenvalue weighted by atomic mass is 19.4. The molecule has 0 radical (unpaired) electrons. The molecule has 1 N–H and O–H groups in total. The van der Waals surface area contributed by atoms with Crippen molar-refractivity contribution in [3.63, 3.8) is 0 Å². The summed E-state index contributed by atoms with van der Waals surface area (Å²) in [5, 5.41) is 12.6. The van der Waals surface area contributed by atoms with Gasteiger partial charge in [-0.25, -0.2) is 4.79 Å². The molecule has 8 nitrogen and oxygen atoms in total. The molecule has 4 heterocycles. The molecule has 188 valence electrons. The van der Waals surface area contributed by atoms with Gasteiger partial charge in [0.2, 0.25) is 0 Å². The van der Waals surface area contributed by atoms with Crippen LogP contribution in [0.25, 0.3) is 32.9 Å². The molecule has 2 aromatic carbocycles. The minimum absolute atomic E-state index is 0.0434. The maximum absolute atomic E-state index is 13.5. The Morgan fingerprint density at radius 3 is 2.68 bits per heavy atom. The van der Waals surface area contributed by atoms with Gasteiger partial charge in [-0.3, -0.25) is 4.98 Å². The van der Waals surface area contributed by atoms with Crippen molar-refractivity contribution in [2.24, 2.45) is 0 Å². The molecule has 0 fully saturated rings. The summed E-state index contributed by atoms with van der Waals surface area (Å²) in [7, 11) is 0. The number of aromatic nitrogens is 5. The molecule has 0 saturated heterocycles. The largest absolute Gasteiger partial charge is 0.504 e. The van der Waals surface area contributed by atoms with Gasteiger partial charge in [0, 0.05) is 33.8 Å². The van der Waals surface area contributed by atoms with E-state index in [2.05, 4.69) is 15.5 Å². The lowest BCUT2D eigenvalue weighted by Crippen LogP contribution is -2.33.